The fourth-order valence-electron chi connectivity index (χ4n) is 3.80. The second-order valence-corrected chi connectivity index (χ2v) is 7.97. The van der Waals surface area contributed by atoms with Crippen LogP contribution in [0.15, 0.2) is 54.6 Å². The van der Waals surface area contributed by atoms with Crippen LogP contribution in [0.3, 0.4) is 0 Å². The lowest BCUT2D eigenvalue weighted by molar-refractivity contribution is -0.121. The van der Waals surface area contributed by atoms with E-state index in [1.54, 1.807) is 24.3 Å². The number of carbonyl (C=O) groups is 2. The lowest BCUT2D eigenvalue weighted by Gasteiger charge is -2.35. The Bertz CT molecular complexity index is 877. The Morgan fingerprint density at radius 2 is 1.71 bits per heavy atom. The summed E-state index contributed by atoms with van der Waals surface area (Å²) in [6.45, 7) is 4.15. The molecule has 1 N–H and O–H groups in total. The molecule has 0 bridgehead atoms. The highest BCUT2D eigenvalue weighted by Gasteiger charge is 2.21. The first-order valence-electron chi connectivity index (χ1n) is 10.9. The minimum atomic E-state index is -0.460. The van der Waals surface area contributed by atoms with Gasteiger partial charge in [-0.15, -0.1) is 0 Å². The number of carbonyl (C=O) groups excluding carboxylic acids is 2. The zero-order valence-corrected chi connectivity index (χ0v) is 18.1. The van der Waals surface area contributed by atoms with Gasteiger partial charge in [-0.2, -0.15) is 0 Å². The van der Waals surface area contributed by atoms with Gasteiger partial charge in [-0.3, -0.25) is 4.79 Å². The standard InChI is InChI=1S/C25H31N3O3/c1-27-13-15-28(16-14-27)23-11-6-5-10-21(23)18-22(19-26)24(29)12-7-17-31-25(30)20-8-3-2-4-9-20/h2-6,8-11,19,22,26H,7,12-18H2,1H3/t22-/m1/s1. The van der Waals surface area contributed by atoms with Crippen LogP contribution in [-0.4, -0.2) is 62.7 Å². The molecule has 6 nitrogen and oxygen atoms in total. The molecule has 1 fully saturated rings. The number of Topliss-reactive ketones (excluding diaryl/α,β-unsaturated/α-hetero) is 1. The molecule has 6 heteroatoms. The number of nitrogens with zero attached hydrogens (tertiary/aromatic N) is 2. The van der Waals surface area contributed by atoms with E-state index in [2.05, 4.69) is 29.0 Å². The minimum absolute atomic E-state index is 0.0129. The maximum atomic E-state index is 12.7. The van der Waals surface area contributed by atoms with Gasteiger partial charge < -0.3 is 19.9 Å². The van der Waals surface area contributed by atoms with Crippen molar-refractivity contribution >= 4 is 23.7 Å². The van der Waals surface area contributed by atoms with E-state index < -0.39 is 5.92 Å². The molecule has 0 amide bonds. The van der Waals surface area contributed by atoms with Gasteiger partial charge in [0.25, 0.3) is 0 Å². The fraction of sp³-hybridized carbons (Fsp3) is 0.400. The van der Waals surface area contributed by atoms with Gasteiger partial charge in [-0.05, 0) is 43.7 Å². The Hall–Kier alpha value is -2.99. The molecule has 2 aromatic rings. The molecule has 164 valence electrons. The Morgan fingerprint density at radius 1 is 1.03 bits per heavy atom. The summed E-state index contributed by atoms with van der Waals surface area (Å²) in [5.41, 5.74) is 2.77. The van der Waals surface area contributed by atoms with E-state index in [1.165, 1.54) is 6.21 Å². The smallest absolute Gasteiger partial charge is 0.338 e. The summed E-state index contributed by atoms with van der Waals surface area (Å²) in [6.07, 6.45) is 2.52. The van der Waals surface area contributed by atoms with Gasteiger partial charge in [0.05, 0.1) is 18.1 Å². The molecule has 0 saturated carbocycles. The van der Waals surface area contributed by atoms with Crippen LogP contribution in [0.2, 0.25) is 0 Å². The number of ketones is 1. The van der Waals surface area contributed by atoms with E-state index in [-0.39, 0.29) is 18.4 Å². The number of piperazine rings is 1. The third-order valence-corrected chi connectivity index (χ3v) is 5.70. The van der Waals surface area contributed by atoms with Crippen LogP contribution in [0.5, 0.6) is 0 Å². The molecular weight excluding hydrogens is 390 g/mol. The molecule has 0 radical (unpaired) electrons. The molecule has 1 aliphatic rings. The van der Waals surface area contributed by atoms with Gasteiger partial charge in [-0.25, -0.2) is 4.79 Å². The van der Waals surface area contributed by atoms with Crippen molar-refractivity contribution in [2.45, 2.75) is 19.3 Å². The average molecular weight is 422 g/mol. The van der Waals surface area contributed by atoms with Gasteiger partial charge in [0.2, 0.25) is 0 Å². The highest BCUT2D eigenvalue weighted by molar-refractivity contribution is 5.94. The molecule has 1 saturated heterocycles. The molecule has 1 atom stereocenters. The van der Waals surface area contributed by atoms with E-state index in [0.29, 0.717) is 24.8 Å². The summed E-state index contributed by atoms with van der Waals surface area (Å²) in [5.74, 6) is -0.824. The monoisotopic (exact) mass is 421 g/mol. The number of benzene rings is 2. The number of anilines is 1. The van der Waals surface area contributed by atoms with Crippen LogP contribution >= 0.6 is 0 Å². The SMILES string of the molecule is CN1CCN(c2ccccc2C[C@H](C=N)C(=O)CCCOC(=O)c2ccccc2)CC1. The Balaban J connectivity index is 1.51. The third-order valence-electron chi connectivity index (χ3n) is 5.70. The van der Waals surface area contributed by atoms with E-state index >= 15 is 0 Å². The van der Waals surface area contributed by atoms with Gasteiger partial charge in [0, 0.05) is 44.5 Å². The minimum Gasteiger partial charge on any atom is -0.462 e. The van der Waals surface area contributed by atoms with Crippen molar-refractivity contribution in [2.75, 3.05) is 44.7 Å². The van der Waals surface area contributed by atoms with Crippen molar-refractivity contribution in [1.82, 2.24) is 4.90 Å². The maximum Gasteiger partial charge on any atom is 0.338 e. The lowest BCUT2D eigenvalue weighted by atomic mass is 9.92. The quantitative estimate of drug-likeness (QED) is 0.361. The Morgan fingerprint density at radius 3 is 2.42 bits per heavy atom. The maximum absolute atomic E-state index is 12.7. The van der Waals surface area contributed by atoms with E-state index in [4.69, 9.17) is 10.1 Å². The summed E-state index contributed by atoms with van der Waals surface area (Å²) < 4.78 is 5.26. The Kier molecular flexibility index (Phi) is 8.35. The van der Waals surface area contributed by atoms with Crippen LogP contribution < -0.4 is 4.90 Å². The Labute approximate surface area is 184 Å². The molecule has 1 aliphatic heterocycles. The topological polar surface area (TPSA) is 73.7 Å². The van der Waals surface area contributed by atoms with Gasteiger partial charge in [0.1, 0.15) is 5.78 Å². The summed E-state index contributed by atoms with van der Waals surface area (Å²) in [5, 5.41) is 7.79. The zero-order valence-electron chi connectivity index (χ0n) is 18.1. The number of esters is 1. The number of para-hydroxylation sites is 1. The van der Waals surface area contributed by atoms with Crippen molar-refractivity contribution in [2.24, 2.45) is 5.92 Å². The van der Waals surface area contributed by atoms with Crippen molar-refractivity contribution in [3.05, 3.63) is 65.7 Å². The zero-order chi connectivity index (χ0) is 22.1. The molecule has 1 heterocycles. The first-order valence-corrected chi connectivity index (χ1v) is 10.9. The first-order chi connectivity index (χ1) is 15.1. The number of ether oxygens (including phenoxy) is 1. The van der Waals surface area contributed by atoms with Gasteiger partial charge in [0.15, 0.2) is 0 Å². The van der Waals surface area contributed by atoms with Crippen molar-refractivity contribution < 1.29 is 14.3 Å². The predicted octanol–water partition coefficient (Wildman–Crippen LogP) is 3.45. The number of nitrogens with one attached hydrogen (secondary N) is 1. The lowest BCUT2D eigenvalue weighted by Crippen LogP contribution is -2.44. The van der Waals surface area contributed by atoms with E-state index in [0.717, 1.165) is 37.4 Å². The number of likely N-dealkylation sites (N-methyl/N-ethyl adjacent to an activating group) is 1. The second-order valence-electron chi connectivity index (χ2n) is 7.97. The molecule has 0 aliphatic carbocycles. The summed E-state index contributed by atoms with van der Waals surface area (Å²) in [6, 6.07) is 17.0. The summed E-state index contributed by atoms with van der Waals surface area (Å²) in [4.78, 5) is 29.4. The highest BCUT2D eigenvalue weighted by atomic mass is 16.5. The van der Waals surface area contributed by atoms with E-state index in [1.807, 2.05) is 18.2 Å². The van der Waals surface area contributed by atoms with Gasteiger partial charge >= 0.3 is 5.97 Å². The predicted molar refractivity (Wildman–Crippen MR) is 123 cm³/mol. The van der Waals surface area contributed by atoms with E-state index in [9.17, 15) is 9.59 Å². The molecule has 3 rings (SSSR count). The molecule has 0 spiro atoms. The summed E-state index contributed by atoms with van der Waals surface area (Å²) in [7, 11) is 2.13. The third kappa shape index (κ3) is 6.49. The van der Waals surface area contributed by atoms with Gasteiger partial charge in [-0.1, -0.05) is 36.4 Å². The molecular formula is C25H31N3O3. The normalized spacial score (nSPS) is 15.3. The average Bonchev–Trinajstić information content (AvgIpc) is 2.81. The largest absolute Gasteiger partial charge is 0.462 e. The van der Waals surface area contributed by atoms with Crippen LogP contribution in [0.25, 0.3) is 0 Å². The number of hydrogen-bond donors (Lipinski definition) is 1. The highest BCUT2D eigenvalue weighted by Crippen LogP contribution is 2.24. The first kappa shape index (κ1) is 22.7. The van der Waals surface area contributed by atoms with Crippen LogP contribution in [0.1, 0.15) is 28.8 Å². The van der Waals surface area contributed by atoms with Crippen molar-refractivity contribution in [3.8, 4) is 0 Å². The van der Waals surface area contributed by atoms with Crippen molar-refractivity contribution in [1.29, 1.82) is 5.41 Å². The number of rotatable bonds is 10. The van der Waals surface area contributed by atoms with Crippen LogP contribution in [0.4, 0.5) is 5.69 Å². The molecule has 31 heavy (non-hydrogen) atoms. The summed E-state index contributed by atoms with van der Waals surface area (Å²) >= 11 is 0. The fourth-order valence-corrected chi connectivity index (χ4v) is 3.80. The second kappa shape index (κ2) is 11.4. The molecule has 0 unspecified atom stereocenters. The number of hydrogen-bond acceptors (Lipinski definition) is 6. The van der Waals surface area contributed by atoms with Crippen LogP contribution in [0, 0.1) is 11.3 Å². The van der Waals surface area contributed by atoms with Crippen LogP contribution in [-0.2, 0) is 16.0 Å². The molecule has 2 aromatic carbocycles. The van der Waals surface area contributed by atoms with Crippen molar-refractivity contribution in [3.63, 3.8) is 0 Å². The molecule has 0 aromatic heterocycles.